The number of sulfonamides is 1. The van der Waals surface area contributed by atoms with Gasteiger partial charge in [-0.15, -0.1) is 11.3 Å². The van der Waals surface area contributed by atoms with Crippen LogP contribution in [0.1, 0.15) is 11.8 Å². The summed E-state index contributed by atoms with van der Waals surface area (Å²) in [6.07, 6.45) is 0.526. The first-order chi connectivity index (χ1) is 10.3. The maximum Gasteiger partial charge on any atom is 0.289 e. The van der Waals surface area contributed by atoms with E-state index in [1.165, 1.54) is 29.5 Å². The van der Waals surface area contributed by atoms with Gasteiger partial charge in [0.05, 0.1) is 4.92 Å². The average molecular weight is 405 g/mol. The number of benzene rings is 1. The summed E-state index contributed by atoms with van der Waals surface area (Å²) in [5, 5.41) is 12.9. The lowest BCUT2D eigenvalue weighted by Gasteiger charge is -2.13. The number of hydrogen-bond donors (Lipinski definition) is 1. The first-order valence-electron chi connectivity index (χ1n) is 6.28. The Balaban J connectivity index is 2.26. The Kier molecular flexibility index (Phi) is 5.32. The molecule has 1 N–H and O–H groups in total. The molecule has 1 atom stereocenters. The Morgan fingerprint density at radius 1 is 1.41 bits per heavy atom. The van der Waals surface area contributed by atoms with Gasteiger partial charge >= 0.3 is 0 Å². The lowest BCUT2D eigenvalue weighted by atomic mass is 10.2. The summed E-state index contributed by atoms with van der Waals surface area (Å²) in [6.45, 7) is 1.72. The highest BCUT2D eigenvalue weighted by Gasteiger charge is 2.27. The third-order valence-electron chi connectivity index (χ3n) is 2.85. The summed E-state index contributed by atoms with van der Waals surface area (Å²) in [6, 6.07) is 7.27. The van der Waals surface area contributed by atoms with Crippen molar-refractivity contribution in [2.24, 2.45) is 0 Å². The predicted octanol–water partition coefficient (Wildman–Crippen LogP) is 3.33. The summed E-state index contributed by atoms with van der Waals surface area (Å²) in [5.41, 5.74) is -0.445. The van der Waals surface area contributed by atoms with Crippen molar-refractivity contribution < 1.29 is 13.3 Å². The lowest BCUT2D eigenvalue weighted by Crippen LogP contribution is -2.34. The number of hydrogen-bond acceptors (Lipinski definition) is 5. The van der Waals surface area contributed by atoms with Gasteiger partial charge in [-0.3, -0.25) is 10.1 Å². The molecule has 2 aromatic rings. The van der Waals surface area contributed by atoms with Gasteiger partial charge in [0.2, 0.25) is 10.0 Å². The van der Waals surface area contributed by atoms with Crippen LogP contribution in [0, 0.1) is 10.1 Å². The van der Waals surface area contributed by atoms with Crippen LogP contribution in [0.3, 0.4) is 0 Å². The van der Waals surface area contributed by atoms with E-state index in [-0.39, 0.29) is 10.9 Å². The average Bonchev–Trinajstić information content (AvgIpc) is 2.90. The van der Waals surface area contributed by atoms with Crippen LogP contribution in [0.15, 0.2) is 45.1 Å². The normalized spacial score (nSPS) is 13.0. The predicted molar refractivity (Wildman–Crippen MR) is 88.6 cm³/mol. The van der Waals surface area contributed by atoms with Crippen LogP contribution in [0.25, 0.3) is 0 Å². The maximum atomic E-state index is 12.4. The Labute approximate surface area is 140 Å². The molecule has 1 aromatic carbocycles. The molecule has 0 aliphatic heterocycles. The molecule has 0 bridgehead atoms. The van der Waals surface area contributed by atoms with Crippen molar-refractivity contribution in [3.05, 3.63) is 55.2 Å². The van der Waals surface area contributed by atoms with Gasteiger partial charge in [-0.25, -0.2) is 13.1 Å². The zero-order chi connectivity index (χ0) is 16.3. The Hall–Kier alpha value is -1.29. The second-order valence-corrected chi connectivity index (χ2v) is 8.31. The van der Waals surface area contributed by atoms with Crippen molar-refractivity contribution in [1.82, 2.24) is 4.72 Å². The van der Waals surface area contributed by atoms with Gasteiger partial charge in [-0.05, 0) is 36.9 Å². The molecule has 9 heteroatoms. The number of nitrogens with one attached hydrogen (secondary N) is 1. The molecule has 0 radical (unpaired) electrons. The van der Waals surface area contributed by atoms with Crippen LogP contribution in [0.2, 0.25) is 0 Å². The van der Waals surface area contributed by atoms with Crippen molar-refractivity contribution in [2.45, 2.75) is 24.3 Å². The number of nitro groups is 1. The molecule has 1 unspecified atom stereocenters. The van der Waals surface area contributed by atoms with E-state index < -0.39 is 20.6 Å². The fourth-order valence-electron chi connectivity index (χ4n) is 1.95. The molecule has 0 saturated carbocycles. The molecule has 0 saturated heterocycles. The Morgan fingerprint density at radius 2 is 2.14 bits per heavy atom. The standard InChI is InChI=1S/C13H13BrN2O4S2/c1-9(7-11-3-2-6-21-11)15-22(19,20)13-8-10(14)4-5-12(13)16(17)18/h2-6,8-9,15H,7H2,1H3. The molecule has 0 aliphatic carbocycles. The van der Waals surface area contributed by atoms with E-state index in [1.807, 2.05) is 17.5 Å². The SMILES string of the molecule is CC(Cc1cccs1)NS(=O)(=O)c1cc(Br)ccc1[N+](=O)[O-]. The lowest BCUT2D eigenvalue weighted by molar-refractivity contribution is -0.387. The van der Waals surface area contributed by atoms with E-state index >= 15 is 0 Å². The van der Waals surface area contributed by atoms with Gasteiger partial charge in [-0.2, -0.15) is 0 Å². The maximum absolute atomic E-state index is 12.4. The van der Waals surface area contributed by atoms with E-state index in [2.05, 4.69) is 20.7 Å². The van der Waals surface area contributed by atoms with Crippen molar-refractivity contribution in [3.8, 4) is 0 Å². The Morgan fingerprint density at radius 3 is 2.73 bits per heavy atom. The summed E-state index contributed by atoms with van der Waals surface area (Å²) < 4.78 is 27.8. The minimum atomic E-state index is -3.98. The molecular weight excluding hydrogens is 392 g/mol. The van der Waals surface area contributed by atoms with Crippen molar-refractivity contribution in [1.29, 1.82) is 0 Å². The van der Waals surface area contributed by atoms with Crippen molar-refractivity contribution >= 4 is 43.0 Å². The molecule has 1 heterocycles. The zero-order valence-corrected chi connectivity index (χ0v) is 14.7. The van der Waals surface area contributed by atoms with Gasteiger partial charge < -0.3 is 0 Å². The zero-order valence-electron chi connectivity index (χ0n) is 11.5. The third-order valence-corrected chi connectivity index (χ3v) is 5.86. The topological polar surface area (TPSA) is 89.3 Å². The molecule has 2 rings (SSSR count). The first kappa shape index (κ1) is 17.1. The van der Waals surface area contributed by atoms with Crippen LogP contribution >= 0.6 is 27.3 Å². The highest BCUT2D eigenvalue weighted by Crippen LogP contribution is 2.27. The van der Waals surface area contributed by atoms with Gasteiger partial charge in [0.15, 0.2) is 4.90 Å². The van der Waals surface area contributed by atoms with E-state index in [0.29, 0.717) is 10.9 Å². The van der Waals surface area contributed by atoms with Gasteiger partial charge in [-0.1, -0.05) is 22.0 Å². The molecule has 118 valence electrons. The number of nitro benzene ring substituents is 1. The smallest absolute Gasteiger partial charge is 0.258 e. The van der Waals surface area contributed by atoms with Gasteiger partial charge in [0, 0.05) is 21.5 Å². The van der Waals surface area contributed by atoms with E-state index in [9.17, 15) is 18.5 Å². The van der Waals surface area contributed by atoms with Crippen LogP contribution in [-0.2, 0) is 16.4 Å². The molecule has 6 nitrogen and oxygen atoms in total. The number of nitrogens with zero attached hydrogens (tertiary/aromatic N) is 1. The fourth-order valence-corrected chi connectivity index (χ4v) is 4.74. The first-order valence-corrected chi connectivity index (χ1v) is 9.44. The van der Waals surface area contributed by atoms with Gasteiger partial charge in [0.1, 0.15) is 0 Å². The van der Waals surface area contributed by atoms with Crippen LogP contribution < -0.4 is 4.72 Å². The fraction of sp³-hybridized carbons (Fsp3) is 0.231. The summed E-state index contributed by atoms with van der Waals surface area (Å²) >= 11 is 4.67. The molecule has 0 spiro atoms. The number of thiophene rings is 1. The number of rotatable bonds is 6. The van der Waals surface area contributed by atoms with Crippen molar-refractivity contribution in [3.63, 3.8) is 0 Å². The van der Waals surface area contributed by atoms with Crippen LogP contribution in [0.4, 0.5) is 5.69 Å². The second-order valence-electron chi connectivity index (χ2n) is 4.67. The quantitative estimate of drug-likeness (QED) is 0.590. The largest absolute Gasteiger partial charge is 0.289 e. The summed E-state index contributed by atoms with van der Waals surface area (Å²) in [7, 11) is -3.98. The minimum Gasteiger partial charge on any atom is -0.258 e. The van der Waals surface area contributed by atoms with Crippen molar-refractivity contribution in [2.75, 3.05) is 0 Å². The van der Waals surface area contributed by atoms with E-state index in [0.717, 1.165) is 4.88 Å². The monoisotopic (exact) mass is 404 g/mol. The summed E-state index contributed by atoms with van der Waals surface area (Å²) in [5.74, 6) is 0. The second kappa shape index (κ2) is 6.86. The van der Waals surface area contributed by atoms with E-state index in [4.69, 9.17) is 0 Å². The number of halogens is 1. The highest BCUT2D eigenvalue weighted by atomic mass is 79.9. The van der Waals surface area contributed by atoms with Crippen LogP contribution in [0.5, 0.6) is 0 Å². The van der Waals surface area contributed by atoms with Gasteiger partial charge in [0.25, 0.3) is 5.69 Å². The Bertz CT molecular complexity index is 775. The molecule has 0 fully saturated rings. The summed E-state index contributed by atoms with van der Waals surface area (Å²) in [4.78, 5) is 11.0. The minimum absolute atomic E-state index is 0.343. The third kappa shape index (κ3) is 4.13. The van der Waals surface area contributed by atoms with Crippen LogP contribution in [-0.4, -0.2) is 19.4 Å². The molecule has 22 heavy (non-hydrogen) atoms. The molecule has 1 aromatic heterocycles. The molecular formula is C13H13BrN2O4S2. The highest BCUT2D eigenvalue weighted by molar-refractivity contribution is 9.10. The van der Waals surface area contributed by atoms with E-state index in [1.54, 1.807) is 6.92 Å². The molecule has 0 aliphatic rings. The molecule has 0 amide bonds.